The molecule has 3 aromatic heterocycles. The number of nitrogens with zero attached hydrogens (tertiary/aromatic N) is 3. The van der Waals surface area contributed by atoms with Crippen molar-refractivity contribution in [1.82, 2.24) is 19.6 Å². The van der Waals surface area contributed by atoms with Crippen LogP contribution >= 0.6 is 11.3 Å². The van der Waals surface area contributed by atoms with E-state index in [0.29, 0.717) is 29.2 Å². The fourth-order valence-electron chi connectivity index (χ4n) is 3.55. The van der Waals surface area contributed by atoms with Crippen molar-refractivity contribution in [3.63, 3.8) is 0 Å². The van der Waals surface area contributed by atoms with E-state index in [1.807, 2.05) is 37.3 Å². The minimum atomic E-state index is -0.573. The Morgan fingerprint density at radius 1 is 1.23 bits per heavy atom. The Hall–Kier alpha value is -3.46. The first-order valence-corrected chi connectivity index (χ1v) is 10.7. The number of para-hydroxylation sites is 1. The van der Waals surface area contributed by atoms with Crippen molar-refractivity contribution in [3.8, 4) is 0 Å². The molecule has 0 unspecified atom stereocenters. The van der Waals surface area contributed by atoms with Gasteiger partial charge in [0.25, 0.3) is 11.5 Å². The molecule has 0 radical (unpaired) electrons. The number of hydrogen-bond acceptors (Lipinski definition) is 6. The average Bonchev–Trinajstić information content (AvgIpc) is 3.16. The van der Waals surface area contributed by atoms with Gasteiger partial charge in [0.1, 0.15) is 6.61 Å². The second kappa shape index (κ2) is 8.35. The molecule has 1 aromatic carbocycles. The first-order chi connectivity index (χ1) is 15.0. The number of amides is 1. The molecule has 0 aliphatic carbocycles. The van der Waals surface area contributed by atoms with Gasteiger partial charge in [-0.25, -0.2) is 4.79 Å². The summed E-state index contributed by atoms with van der Waals surface area (Å²) in [5.41, 5.74) is 1.01. The van der Waals surface area contributed by atoms with Crippen LogP contribution in [0.4, 0.5) is 0 Å². The number of pyridine rings is 1. The maximum absolute atomic E-state index is 13.0. The Kier molecular flexibility index (Phi) is 5.60. The van der Waals surface area contributed by atoms with Crippen LogP contribution in [-0.4, -0.2) is 33.8 Å². The van der Waals surface area contributed by atoms with Crippen molar-refractivity contribution in [3.05, 3.63) is 73.4 Å². The summed E-state index contributed by atoms with van der Waals surface area (Å²) in [5, 5.41) is 3.79. The van der Waals surface area contributed by atoms with Gasteiger partial charge in [-0.3, -0.25) is 19.1 Å². The van der Waals surface area contributed by atoms with E-state index in [0.717, 1.165) is 25.8 Å². The Bertz CT molecular complexity index is 1410. The summed E-state index contributed by atoms with van der Waals surface area (Å²) >= 11 is 1.23. The summed E-state index contributed by atoms with van der Waals surface area (Å²) in [4.78, 5) is 49.6. The zero-order valence-corrected chi connectivity index (χ0v) is 18.3. The highest BCUT2D eigenvalue weighted by atomic mass is 32.1. The van der Waals surface area contributed by atoms with Crippen LogP contribution < -0.4 is 21.4 Å². The lowest BCUT2D eigenvalue weighted by Gasteiger charge is -2.10. The molecule has 4 aromatic rings. The Balaban J connectivity index is 2.01. The van der Waals surface area contributed by atoms with Crippen molar-refractivity contribution >= 4 is 38.4 Å². The summed E-state index contributed by atoms with van der Waals surface area (Å²) in [7, 11) is 2.91. The standard InChI is InChI=1S/C22H22N4O4S/c1-4-11-30-26-21-18(20(28)25(3)22(26)29)17(19(27)23-2)16(31-21)12-13-9-10-24-15-8-6-5-7-14(13)15/h5-10H,4,11-12H2,1-3H3,(H,23,27). The van der Waals surface area contributed by atoms with Gasteiger partial charge in [0.15, 0.2) is 4.83 Å². The molecule has 3 heterocycles. The number of carbonyl (C=O) groups is 1. The normalized spacial score (nSPS) is 11.2. The Morgan fingerprint density at radius 3 is 2.74 bits per heavy atom. The minimum absolute atomic E-state index is 0.191. The maximum atomic E-state index is 13.0. The fraction of sp³-hybridized carbons (Fsp3) is 0.273. The molecule has 0 saturated carbocycles. The molecule has 8 nitrogen and oxygen atoms in total. The Morgan fingerprint density at radius 2 is 2.00 bits per heavy atom. The second-order valence-electron chi connectivity index (χ2n) is 7.10. The van der Waals surface area contributed by atoms with Gasteiger partial charge < -0.3 is 10.2 Å². The first kappa shape index (κ1) is 20.8. The van der Waals surface area contributed by atoms with E-state index in [2.05, 4.69) is 10.3 Å². The number of carbonyl (C=O) groups excluding carboxylic acids is 1. The Labute approximate surface area is 181 Å². The van der Waals surface area contributed by atoms with Gasteiger partial charge in [0.05, 0.1) is 16.5 Å². The van der Waals surface area contributed by atoms with Gasteiger partial charge in [0, 0.05) is 37.0 Å². The van der Waals surface area contributed by atoms with Crippen molar-refractivity contribution in [2.75, 3.05) is 13.7 Å². The fourth-order valence-corrected chi connectivity index (χ4v) is 4.82. The predicted octanol–water partition coefficient (Wildman–Crippen LogP) is 2.10. The lowest BCUT2D eigenvalue weighted by Crippen LogP contribution is -2.41. The summed E-state index contributed by atoms with van der Waals surface area (Å²) < 4.78 is 2.11. The third kappa shape index (κ3) is 3.50. The highest BCUT2D eigenvalue weighted by Crippen LogP contribution is 2.31. The summed E-state index contributed by atoms with van der Waals surface area (Å²) in [5.74, 6) is -0.377. The van der Waals surface area contributed by atoms with Gasteiger partial charge >= 0.3 is 5.69 Å². The van der Waals surface area contributed by atoms with Crippen LogP contribution in [0.25, 0.3) is 21.1 Å². The predicted molar refractivity (Wildman–Crippen MR) is 121 cm³/mol. The first-order valence-electron chi connectivity index (χ1n) is 9.93. The van der Waals surface area contributed by atoms with E-state index in [1.54, 1.807) is 6.20 Å². The van der Waals surface area contributed by atoms with Crippen LogP contribution in [0.5, 0.6) is 0 Å². The number of rotatable bonds is 6. The van der Waals surface area contributed by atoms with Gasteiger partial charge in [-0.15, -0.1) is 16.1 Å². The number of benzene rings is 1. The van der Waals surface area contributed by atoms with Crippen molar-refractivity contribution in [2.45, 2.75) is 19.8 Å². The second-order valence-corrected chi connectivity index (χ2v) is 8.18. The largest absolute Gasteiger partial charge is 0.408 e. The zero-order valence-electron chi connectivity index (χ0n) is 17.5. The van der Waals surface area contributed by atoms with Crippen LogP contribution in [0.1, 0.15) is 34.1 Å². The molecule has 0 spiro atoms. The molecule has 160 valence electrons. The molecule has 0 fully saturated rings. The number of fused-ring (bicyclic) bond motifs is 2. The molecule has 31 heavy (non-hydrogen) atoms. The van der Waals surface area contributed by atoms with Crippen LogP contribution in [0, 0.1) is 0 Å². The molecular formula is C22H22N4O4S. The summed E-state index contributed by atoms with van der Waals surface area (Å²) in [6.07, 6.45) is 2.83. The van der Waals surface area contributed by atoms with E-state index in [9.17, 15) is 14.4 Å². The highest BCUT2D eigenvalue weighted by molar-refractivity contribution is 7.19. The third-order valence-corrected chi connectivity index (χ3v) is 6.25. The molecule has 9 heteroatoms. The smallest absolute Gasteiger partial charge is 0.365 e. The van der Waals surface area contributed by atoms with E-state index >= 15 is 0 Å². The number of thiophene rings is 1. The number of aromatic nitrogens is 3. The molecule has 0 bridgehead atoms. The molecular weight excluding hydrogens is 416 g/mol. The van der Waals surface area contributed by atoms with Gasteiger partial charge in [-0.05, 0) is 24.1 Å². The molecule has 1 N–H and O–H groups in total. The SMILES string of the molecule is CCCOn1c(=O)n(C)c(=O)c2c(C(=O)NC)c(Cc3ccnc4ccccc34)sc21. The van der Waals surface area contributed by atoms with Crippen molar-refractivity contribution < 1.29 is 9.63 Å². The van der Waals surface area contributed by atoms with E-state index in [1.165, 1.54) is 25.4 Å². The molecule has 0 aliphatic rings. The zero-order chi connectivity index (χ0) is 22.1. The highest BCUT2D eigenvalue weighted by Gasteiger charge is 2.26. The molecule has 0 atom stereocenters. The van der Waals surface area contributed by atoms with E-state index in [4.69, 9.17) is 4.84 Å². The molecule has 0 saturated heterocycles. The number of nitrogens with one attached hydrogen (secondary N) is 1. The minimum Gasteiger partial charge on any atom is -0.408 e. The van der Waals surface area contributed by atoms with Crippen molar-refractivity contribution in [1.29, 1.82) is 0 Å². The monoisotopic (exact) mass is 438 g/mol. The quantitative estimate of drug-likeness (QED) is 0.497. The maximum Gasteiger partial charge on any atom is 0.365 e. The number of hydrogen-bond donors (Lipinski definition) is 1. The van der Waals surface area contributed by atoms with Gasteiger partial charge in [-0.2, -0.15) is 0 Å². The molecule has 4 rings (SSSR count). The lowest BCUT2D eigenvalue weighted by atomic mass is 10.0. The molecule has 0 aliphatic heterocycles. The van der Waals surface area contributed by atoms with Gasteiger partial charge in [-0.1, -0.05) is 25.1 Å². The van der Waals surface area contributed by atoms with Gasteiger partial charge in [0.2, 0.25) is 0 Å². The average molecular weight is 439 g/mol. The van der Waals surface area contributed by atoms with Crippen LogP contribution in [-0.2, 0) is 13.5 Å². The lowest BCUT2D eigenvalue weighted by molar-refractivity contribution is 0.0963. The topological polar surface area (TPSA) is 95.2 Å². The van der Waals surface area contributed by atoms with E-state index < -0.39 is 11.2 Å². The summed E-state index contributed by atoms with van der Waals surface area (Å²) in [6.45, 7) is 2.24. The van der Waals surface area contributed by atoms with Crippen molar-refractivity contribution in [2.24, 2.45) is 7.05 Å². The van der Waals surface area contributed by atoms with Crippen LogP contribution in [0.15, 0.2) is 46.1 Å². The third-order valence-electron chi connectivity index (χ3n) is 5.10. The molecule has 1 amide bonds. The summed E-state index contributed by atoms with van der Waals surface area (Å²) in [6, 6.07) is 9.66. The van der Waals surface area contributed by atoms with Crippen LogP contribution in [0.2, 0.25) is 0 Å². The van der Waals surface area contributed by atoms with E-state index in [-0.39, 0.29) is 16.9 Å². The van der Waals surface area contributed by atoms with Crippen LogP contribution in [0.3, 0.4) is 0 Å².